The number of hydrogen-bond acceptors (Lipinski definition) is 5. The van der Waals surface area contributed by atoms with Crippen molar-refractivity contribution in [2.75, 3.05) is 0 Å². The molecule has 0 radical (unpaired) electrons. The zero-order chi connectivity index (χ0) is 11.9. The molecule has 0 spiro atoms. The fraction of sp³-hybridized carbons (Fsp3) is 0. The Labute approximate surface area is 106 Å². The molecule has 0 N–H and O–H groups in total. The van der Waals surface area contributed by atoms with Crippen LogP contribution in [-0.4, -0.2) is 25.0 Å². The van der Waals surface area contributed by atoms with Gasteiger partial charge in [0.25, 0.3) is 0 Å². The first-order valence-electron chi connectivity index (χ1n) is 5.43. The molecule has 0 unspecified atom stereocenters. The average Bonchev–Trinajstić information content (AvgIpc) is 3.05. The van der Waals surface area contributed by atoms with Gasteiger partial charge in [0.1, 0.15) is 11.2 Å². The van der Waals surface area contributed by atoms with Gasteiger partial charge in [0, 0.05) is 4.88 Å². The van der Waals surface area contributed by atoms with Gasteiger partial charge in [-0.05, 0) is 22.1 Å². The summed E-state index contributed by atoms with van der Waals surface area (Å²) in [6.07, 6.45) is 1.64. The van der Waals surface area contributed by atoms with Crippen LogP contribution in [0.5, 0.6) is 0 Å². The summed E-state index contributed by atoms with van der Waals surface area (Å²) in [5.41, 5.74) is 1.93. The van der Waals surface area contributed by atoms with Gasteiger partial charge in [-0.3, -0.25) is 0 Å². The highest BCUT2D eigenvalue weighted by molar-refractivity contribution is 7.21. The largest absolute Gasteiger partial charge is 0.225 e. The van der Waals surface area contributed by atoms with E-state index in [4.69, 9.17) is 0 Å². The van der Waals surface area contributed by atoms with Crippen molar-refractivity contribution in [3.8, 4) is 10.4 Å². The zero-order valence-electron chi connectivity index (χ0n) is 9.19. The number of thiophene rings is 1. The Morgan fingerprint density at radius 3 is 2.89 bits per heavy atom. The lowest BCUT2D eigenvalue weighted by atomic mass is 10.2. The van der Waals surface area contributed by atoms with E-state index in [0.717, 1.165) is 15.9 Å². The lowest BCUT2D eigenvalue weighted by molar-refractivity contribution is 0.813. The third kappa shape index (κ3) is 1.32. The molecule has 0 saturated carbocycles. The van der Waals surface area contributed by atoms with Crippen molar-refractivity contribution in [1.29, 1.82) is 0 Å². The molecule has 4 rings (SSSR count). The minimum Gasteiger partial charge on any atom is -0.225 e. The lowest BCUT2D eigenvalue weighted by Crippen LogP contribution is -1.88. The fourth-order valence-electron chi connectivity index (χ4n) is 1.94. The molecule has 18 heavy (non-hydrogen) atoms. The Hall–Kier alpha value is -2.34. The minimum absolute atomic E-state index is 0.749. The molecule has 0 fully saturated rings. The quantitative estimate of drug-likeness (QED) is 0.522. The maximum absolute atomic E-state index is 4.37. The van der Waals surface area contributed by atoms with Gasteiger partial charge in [-0.1, -0.05) is 30.3 Å². The summed E-state index contributed by atoms with van der Waals surface area (Å²) < 4.78 is 1.59. The molecule has 3 aromatic heterocycles. The standard InChI is InChI=1S/C12H7N5S/c1-2-4-8(5-3-1)10-6-9-11-14-15-16-17(11)7-13-12(9)18-10/h1-7H. The number of benzene rings is 1. The molecule has 86 valence electrons. The van der Waals surface area contributed by atoms with Crippen molar-refractivity contribution in [2.45, 2.75) is 0 Å². The topological polar surface area (TPSA) is 56.0 Å². The number of fused-ring (bicyclic) bond motifs is 3. The second-order valence-corrected chi connectivity index (χ2v) is 4.92. The highest BCUT2D eigenvalue weighted by Crippen LogP contribution is 2.33. The lowest BCUT2D eigenvalue weighted by Gasteiger charge is -1.93. The van der Waals surface area contributed by atoms with E-state index in [0.29, 0.717) is 0 Å². The van der Waals surface area contributed by atoms with Crippen LogP contribution in [0.2, 0.25) is 0 Å². The van der Waals surface area contributed by atoms with Crippen LogP contribution in [-0.2, 0) is 0 Å². The Morgan fingerprint density at radius 1 is 1.11 bits per heavy atom. The number of aromatic nitrogens is 5. The Kier molecular flexibility index (Phi) is 1.92. The molecule has 0 saturated heterocycles. The molecule has 1 aromatic carbocycles. The maximum atomic E-state index is 4.37. The molecule has 4 aromatic rings. The van der Waals surface area contributed by atoms with Crippen molar-refractivity contribution in [1.82, 2.24) is 25.0 Å². The van der Waals surface area contributed by atoms with E-state index in [1.807, 2.05) is 18.2 Å². The first kappa shape index (κ1) is 9.67. The van der Waals surface area contributed by atoms with Crippen LogP contribution in [0.3, 0.4) is 0 Å². The van der Waals surface area contributed by atoms with E-state index in [-0.39, 0.29) is 0 Å². The second-order valence-electron chi connectivity index (χ2n) is 3.89. The summed E-state index contributed by atoms with van der Waals surface area (Å²) >= 11 is 1.65. The van der Waals surface area contributed by atoms with E-state index >= 15 is 0 Å². The predicted octanol–water partition coefficient (Wildman–Crippen LogP) is 2.40. The van der Waals surface area contributed by atoms with Gasteiger partial charge in [-0.25, -0.2) is 4.98 Å². The van der Waals surface area contributed by atoms with Crippen LogP contribution in [0.1, 0.15) is 0 Å². The van der Waals surface area contributed by atoms with Crippen molar-refractivity contribution in [3.05, 3.63) is 42.7 Å². The summed E-state index contributed by atoms with van der Waals surface area (Å²) in [6.45, 7) is 0. The third-order valence-corrected chi connectivity index (χ3v) is 3.88. The predicted molar refractivity (Wildman–Crippen MR) is 69.4 cm³/mol. The van der Waals surface area contributed by atoms with Gasteiger partial charge in [0.05, 0.1) is 5.39 Å². The Balaban J connectivity index is 2.04. The molecule has 0 aliphatic heterocycles. The van der Waals surface area contributed by atoms with E-state index in [1.54, 1.807) is 22.2 Å². The highest BCUT2D eigenvalue weighted by atomic mass is 32.1. The SMILES string of the molecule is c1ccc(-c2cc3c(ncn4nnnc34)s2)cc1. The molecular weight excluding hydrogens is 246 g/mol. The molecule has 6 heteroatoms. The van der Waals surface area contributed by atoms with Gasteiger partial charge in [0.15, 0.2) is 5.65 Å². The number of nitrogens with zero attached hydrogens (tertiary/aromatic N) is 5. The highest BCUT2D eigenvalue weighted by Gasteiger charge is 2.10. The summed E-state index contributed by atoms with van der Waals surface area (Å²) in [5.74, 6) is 0. The van der Waals surface area contributed by atoms with Crippen molar-refractivity contribution in [3.63, 3.8) is 0 Å². The van der Waals surface area contributed by atoms with E-state index in [2.05, 4.69) is 38.7 Å². The Bertz CT molecular complexity index is 833. The molecule has 0 aliphatic rings. The average molecular weight is 253 g/mol. The summed E-state index contributed by atoms with van der Waals surface area (Å²) in [7, 11) is 0. The van der Waals surface area contributed by atoms with Crippen LogP contribution in [0.4, 0.5) is 0 Å². The van der Waals surface area contributed by atoms with Crippen molar-refractivity contribution in [2.24, 2.45) is 0 Å². The first-order chi connectivity index (χ1) is 8.92. The van der Waals surface area contributed by atoms with Crippen LogP contribution in [0.25, 0.3) is 26.3 Å². The molecule has 0 amide bonds. The molecule has 3 heterocycles. The number of hydrogen-bond donors (Lipinski definition) is 0. The van der Waals surface area contributed by atoms with E-state index in [9.17, 15) is 0 Å². The number of rotatable bonds is 1. The molecule has 0 bridgehead atoms. The summed E-state index contributed by atoms with van der Waals surface area (Å²) in [4.78, 5) is 6.50. The number of tetrazole rings is 1. The summed E-state index contributed by atoms with van der Waals surface area (Å²) in [6, 6.07) is 12.3. The second kappa shape index (κ2) is 3.58. The van der Waals surface area contributed by atoms with Crippen LogP contribution in [0.15, 0.2) is 42.7 Å². The van der Waals surface area contributed by atoms with E-state index < -0.39 is 0 Å². The molecule has 0 aliphatic carbocycles. The third-order valence-electron chi connectivity index (χ3n) is 2.79. The van der Waals surface area contributed by atoms with Gasteiger partial charge in [-0.15, -0.1) is 16.4 Å². The molecule has 0 atom stereocenters. The van der Waals surface area contributed by atoms with Crippen LogP contribution in [0, 0.1) is 0 Å². The maximum Gasteiger partial charge on any atom is 0.191 e. The van der Waals surface area contributed by atoms with Crippen molar-refractivity contribution >= 4 is 27.2 Å². The van der Waals surface area contributed by atoms with Gasteiger partial charge in [0.2, 0.25) is 0 Å². The van der Waals surface area contributed by atoms with Crippen LogP contribution < -0.4 is 0 Å². The fourth-order valence-corrected chi connectivity index (χ4v) is 2.94. The van der Waals surface area contributed by atoms with Crippen molar-refractivity contribution < 1.29 is 0 Å². The summed E-state index contributed by atoms with van der Waals surface area (Å²) in [5, 5.41) is 12.5. The monoisotopic (exact) mass is 253 g/mol. The van der Waals surface area contributed by atoms with Gasteiger partial charge < -0.3 is 0 Å². The van der Waals surface area contributed by atoms with Gasteiger partial charge in [-0.2, -0.15) is 4.52 Å². The van der Waals surface area contributed by atoms with E-state index in [1.165, 1.54) is 10.4 Å². The van der Waals surface area contributed by atoms with Gasteiger partial charge >= 0.3 is 0 Å². The van der Waals surface area contributed by atoms with Crippen LogP contribution >= 0.6 is 11.3 Å². The minimum atomic E-state index is 0.749. The smallest absolute Gasteiger partial charge is 0.191 e. The molecular formula is C12H7N5S. The molecule has 5 nitrogen and oxygen atoms in total. The first-order valence-corrected chi connectivity index (χ1v) is 6.25. The Morgan fingerprint density at radius 2 is 2.00 bits per heavy atom. The zero-order valence-corrected chi connectivity index (χ0v) is 10.0. The normalized spacial score (nSPS) is 11.3.